The van der Waals surface area contributed by atoms with E-state index in [9.17, 15) is 14.4 Å². The van der Waals surface area contributed by atoms with Crippen LogP contribution in [0.4, 0.5) is 4.79 Å². The predicted octanol–water partition coefficient (Wildman–Crippen LogP) is 1.95. The second kappa shape index (κ2) is 9.39. The van der Waals surface area contributed by atoms with E-state index in [2.05, 4.69) is 15.6 Å². The SMILES string of the molecule is CNC(=O)CC(C(=O)NC)C(CSc1nc2ccccc2s1)OC(=O)O. The Morgan fingerprint density at radius 1 is 1.27 bits per heavy atom. The third-order valence-corrected chi connectivity index (χ3v) is 5.88. The van der Waals surface area contributed by atoms with Gasteiger partial charge in [-0.2, -0.15) is 0 Å². The lowest BCUT2D eigenvalue weighted by molar-refractivity contribution is -0.133. The quantitative estimate of drug-likeness (QED) is 0.460. The number of thioether (sulfide) groups is 1. The molecule has 1 aromatic heterocycles. The van der Waals surface area contributed by atoms with Crippen molar-refractivity contribution < 1.29 is 24.2 Å². The van der Waals surface area contributed by atoms with Gasteiger partial charge in [-0.25, -0.2) is 9.78 Å². The predicted molar refractivity (Wildman–Crippen MR) is 99.5 cm³/mol. The molecule has 2 amide bonds. The van der Waals surface area contributed by atoms with Crippen molar-refractivity contribution in [3.05, 3.63) is 24.3 Å². The van der Waals surface area contributed by atoms with Gasteiger partial charge >= 0.3 is 6.16 Å². The largest absolute Gasteiger partial charge is 0.506 e. The fourth-order valence-corrected chi connectivity index (χ4v) is 4.48. The molecule has 10 heteroatoms. The van der Waals surface area contributed by atoms with Gasteiger partial charge in [-0.05, 0) is 12.1 Å². The minimum Gasteiger partial charge on any atom is -0.450 e. The normalized spacial score (nSPS) is 13.0. The first-order valence-electron chi connectivity index (χ1n) is 7.74. The van der Waals surface area contributed by atoms with Crippen LogP contribution < -0.4 is 10.6 Å². The molecule has 2 aromatic rings. The summed E-state index contributed by atoms with van der Waals surface area (Å²) in [4.78, 5) is 39.4. The van der Waals surface area contributed by atoms with E-state index in [1.807, 2.05) is 24.3 Å². The Balaban J connectivity index is 2.16. The van der Waals surface area contributed by atoms with Crippen LogP contribution in [0, 0.1) is 5.92 Å². The van der Waals surface area contributed by atoms with E-state index >= 15 is 0 Å². The molecule has 0 aliphatic rings. The molecule has 1 heterocycles. The van der Waals surface area contributed by atoms with Crippen molar-refractivity contribution in [1.29, 1.82) is 0 Å². The maximum atomic E-state index is 12.2. The van der Waals surface area contributed by atoms with Crippen molar-refractivity contribution in [2.45, 2.75) is 16.9 Å². The van der Waals surface area contributed by atoms with Gasteiger partial charge in [0.05, 0.1) is 16.1 Å². The van der Waals surface area contributed by atoms with Crippen LogP contribution in [0.2, 0.25) is 0 Å². The number of carboxylic acid groups (broad SMARTS) is 1. The summed E-state index contributed by atoms with van der Waals surface area (Å²) in [5.41, 5.74) is 0.851. The number of carbonyl (C=O) groups excluding carboxylic acids is 2. The molecule has 0 bridgehead atoms. The first-order chi connectivity index (χ1) is 12.4. The van der Waals surface area contributed by atoms with E-state index in [1.54, 1.807) is 0 Å². The number of nitrogens with zero attached hydrogens (tertiary/aromatic N) is 1. The Morgan fingerprint density at radius 3 is 2.62 bits per heavy atom. The van der Waals surface area contributed by atoms with Gasteiger partial charge in [0.1, 0.15) is 6.10 Å². The molecule has 2 unspecified atom stereocenters. The number of hydrogen-bond donors (Lipinski definition) is 3. The van der Waals surface area contributed by atoms with Crippen LogP contribution in [0.15, 0.2) is 28.6 Å². The van der Waals surface area contributed by atoms with Crippen molar-refractivity contribution in [1.82, 2.24) is 15.6 Å². The van der Waals surface area contributed by atoms with Crippen LogP contribution in [0.3, 0.4) is 0 Å². The van der Waals surface area contributed by atoms with E-state index in [4.69, 9.17) is 9.84 Å². The number of hydrogen-bond acceptors (Lipinski definition) is 7. The molecule has 8 nitrogen and oxygen atoms in total. The van der Waals surface area contributed by atoms with E-state index in [1.165, 1.54) is 37.2 Å². The molecular weight excluding hydrogens is 378 g/mol. The zero-order valence-electron chi connectivity index (χ0n) is 14.2. The number of para-hydroxylation sites is 1. The maximum Gasteiger partial charge on any atom is 0.506 e. The van der Waals surface area contributed by atoms with Crippen molar-refractivity contribution in [2.75, 3.05) is 19.8 Å². The summed E-state index contributed by atoms with van der Waals surface area (Å²) in [6.45, 7) is 0. The number of ether oxygens (including phenoxy) is 1. The Bertz CT molecular complexity index is 762. The van der Waals surface area contributed by atoms with E-state index in [0.29, 0.717) is 0 Å². The third kappa shape index (κ3) is 5.33. The zero-order valence-corrected chi connectivity index (χ0v) is 15.9. The van der Waals surface area contributed by atoms with E-state index in [0.717, 1.165) is 14.6 Å². The molecule has 0 saturated heterocycles. The highest BCUT2D eigenvalue weighted by Gasteiger charge is 2.33. The molecule has 0 saturated carbocycles. The zero-order chi connectivity index (χ0) is 19.1. The Morgan fingerprint density at radius 2 is 2.00 bits per heavy atom. The van der Waals surface area contributed by atoms with Gasteiger partial charge in [0, 0.05) is 26.3 Å². The summed E-state index contributed by atoms with van der Waals surface area (Å²) in [6, 6.07) is 7.63. The van der Waals surface area contributed by atoms with Crippen LogP contribution in [-0.2, 0) is 14.3 Å². The summed E-state index contributed by atoms with van der Waals surface area (Å²) in [7, 11) is 2.88. The molecular formula is C16H19N3O5S2. The van der Waals surface area contributed by atoms with Crippen LogP contribution in [-0.4, -0.2) is 54.0 Å². The number of amides is 2. The molecule has 0 spiro atoms. The highest BCUT2D eigenvalue weighted by Crippen LogP contribution is 2.31. The lowest BCUT2D eigenvalue weighted by Crippen LogP contribution is -2.42. The highest BCUT2D eigenvalue weighted by atomic mass is 32.2. The Labute approximate surface area is 158 Å². The van der Waals surface area contributed by atoms with Crippen molar-refractivity contribution in [2.24, 2.45) is 5.92 Å². The molecule has 0 fully saturated rings. The van der Waals surface area contributed by atoms with Crippen molar-refractivity contribution in [3.8, 4) is 0 Å². The number of aromatic nitrogens is 1. The second-order valence-electron chi connectivity index (χ2n) is 5.28. The van der Waals surface area contributed by atoms with Gasteiger partial charge in [-0.15, -0.1) is 11.3 Å². The summed E-state index contributed by atoms with van der Waals surface area (Å²) in [6.07, 6.45) is -2.65. The molecule has 2 atom stereocenters. The maximum absolute atomic E-state index is 12.2. The average Bonchev–Trinajstić information content (AvgIpc) is 3.05. The smallest absolute Gasteiger partial charge is 0.450 e. The lowest BCUT2D eigenvalue weighted by atomic mass is 9.98. The summed E-state index contributed by atoms with van der Waals surface area (Å²) >= 11 is 2.77. The lowest BCUT2D eigenvalue weighted by Gasteiger charge is -2.23. The van der Waals surface area contributed by atoms with Crippen molar-refractivity contribution >= 4 is 51.3 Å². The van der Waals surface area contributed by atoms with Gasteiger partial charge in [-0.3, -0.25) is 9.59 Å². The minimum absolute atomic E-state index is 0.168. The van der Waals surface area contributed by atoms with Crippen LogP contribution in [0.25, 0.3) is 10.2 Å². The first kappa shape index (κ1) is 20.0. The molecule has 0 radical (unpaired) electrons. The topological polar surface area (TPSA) is 118 Å². The van der Waals surface area contributed by atoms with Gasteiger partial charge in [0.25, 0.3) is 0 Å². The van der Waals surface area contributed by atoms with Gasteiger partial charge < -0.3 is 20.5 Å². The van der Waals surface area contributed by atoms with Gasteiger partial charge in [0.15, 0.2) is 4.34 Å². The number of carbonyl (C=O) groups is 3. The summed E-state index contributed by atoms with van der Waals surface area (Å²) in [5, 5.41) is 13.9. The molecule has 3 N–H and O–H groups in total. The van der Waals surface area contributed by atoms with Gasteiger partial charge in [0.2, 0.25) is 11.8 Å². The number of fused-ring (bicyclic) bond motifs is 1. The van der Waals surface area contributed by atoms with Gasteiger partial charge in [-0.1, -0.05) is 23.9 Å². The molecule has 140 valence electrons. The minimum atomic E-state index is -1.49. The third-order valence-electron chi connectivity index (χ3n) is 3.61. The number of nitrogens with one attached hydrogen (secondary N) is 2. The number of thiazole rings is 1. The van der Waals surface area contributed by atoms with Crippen molar-refractivity contribution in [3.63, 3.8) is 0 Å². The molecule has 1 aromatic carbocycles. The summed E-state index contributed by atoms with van der Waals surface area (Å²) in [5.74, 6) is -1.59. The van der Waals surface area contributed by atoms with Crippen LogP contribution in [0.1, 0.15) is 6.42 Å². The molecule has 0 aliphatic heterocycles. The monoisotopic (exact) mass is 397 g/mol. The van der Waals surface area contributed by atoms with E-state index < -0.39 is 24.1 Å². The summed E-state index contributed by atoms with van der Waals surface area (Å²) < 4.78 is 6.66. The second-order valence-corrected chi connectivity index (χ2v) is 7.58. The fraction of sp³-hybridized carbons (Fsp3) is 0.375. The molecule has 26 heavy (non-hydrogen) atoms. The number of benzene rings is 1. The Hall–Kier alpha value is -2.33. The Kier molecular flexibility index (Phi) is 7.22. The van der Waals surface area contributed by atoms with Crippen LogP contribution in [0.5, 0.6) is 0 Å². The van der Waals surface area contributed by atoms with E-state index in [-0.39, 0.29) is 18.1 Å². The highest BCUT2D eigenvalue weighted by molar-refractivity contribution is 8.01. The molecule has 0 aliphatic carbocycles. The number of rotatable bonds is 8. The van der Waals surface area contributed by atoms with Crippen LogP contribution >= 0.6 is 23.1 Å². The standard InChI is InChI=1S/C16H19N3O5S2/c1-17-13(20)7-9(14(21)18-2)11(24-16(22)23)8-25-15-19-10-5-3-4-6-12(10)26-15/h3-6,9,11H,7-8H2,1-2H3,(H,17,20)(H,18,21)(H,22,23). The average molecular weight is 397 g/mol. The first-order valence-corrected chi connectivity index (χ1v) is 9.55. The molecule has 2 rings (SSSR count). The fourth-order valence-electron chi connectivity index (χ4n) is 2.31.